The Bertz CT molecular complexity index is 444. The Morgan fingerprint density at radius 2 is 2.38 bits per heavy atom. The second-order valence-electron chi connectivity index (χ2n) is 4.39. The van der Waals surface area contributed by atoms with E-state index >= 15 is 0 Å². The fourth-order valence-corrected chi connectivity index (χ4v) is 2.02. The van der Waals surface area contributed by atoms with E-state index in [1.807, 2.05) is 18.7 Å². The fraction of sp³-hybridized carbons (Fsp3) is 0.600. The SMILES string of the molecule is CC1(C)COCCN1c1nc[nH]c(=O)c1Cl. The first kappa shape index (κ1) is 11.4. The molecule has 0 spiro atoms. The van der Waals surface area contributed by atoms with E-state index in [9.17, 15) is 4.79 Å². The summed E-state index contributed by atoms with van der Waals surface area (Å²) >= 11 is 5.97. The van der Waals surface area contributed by atoms with Gasteiger partial charge in [0.05, 0.1) is 25.1 Å². The lowest BCUT2D eigenvalue weighted by Gasteiger charge is -2.43. The Hall–Kier alpha value is -1.07. The number of hydrogen-bond donors (Lipinski definition) is 1. The van der Waals surface area contributed by atoms with Crippen molar-refractivity contribution in [2.45, 2.75) is 19.4 Å². The number of H-pyrrole nitrogens is 1. The minimum atomic E-state index is -0.311. The standard InChI is InChI=1S/C10H14ClN3O2/c1-10(2)5-16-4-3-14(10)8-7(11)9(15)13-6-12-8/h6H,3-5H2,1-2H3,(H,12,13,15). The third kappa shape index (κ3) is 1.92. The molecule has 0 amide bonds. The lowest BCUT2D eigenvalue weighted by atomic mass is 10.0. The van der Waals surface area contributed by atoms with Crippen molar-refractivity contribution >= 4 is 17.4 Å². The van der Waals surface area contributed by atoms with Gasteiger partial charge >= 0.3 is 0 Å². The largest absolute Gasteiger partial charge is 0.377 e. The van der Waals surface area contributed by atoms with Crippen LogP contribution in [0.15, 0.2) is 11.1 Å². The molecule has 0 bridgehead atoms. The summed E-state index contributed by atoms with van der Waals surface area (Å²) in [5.41, 5.74) is -0.517. The number of aromatic nitrogens is 2. The van der Waals surface area contributed by atoms with E-state index in [-0.39, 0.29) is 16.1 Å². The molecule has 1 aliphatic heterocycles. The van der Waals surface area contributed by atoms with Gasteiger partial charge in [0.25, 0.3) is 5.56 Å². The molecule has 1 saturated heterocycles. The van der Waals surface area contributed by atoms with Gasteiger partial charge in [-0.3, -0.25) is 4.79 Å². The van der Waals surface area contributed by atoms with Crippen molar-refractivity contribution in [3.8, 4) is 0 Å². The normalized spacial score (nSPS) is 19.8. The van der Waals surface area contributed by atoms with Crippen LogP contribution < -0.4 is 10.5 Å². The first-order valence-corrected chi connectivity index (χ1v) is 5.49. The predicted octanol–water partition coefficient (Wildman–Crippen LogP) is 1.04. The number of morpholine rings is 1. The van der Waals surface area contributed by atoms with Gasteiger partial charge in [-0.1, -0.05) is 11.6 Å². The molecule has 1 aliphatic rings. The third-order valence-electron chi connectivity index (χ3n) is 2.68. The van der Waals surface area contributed by atoms with Crippen LogP contribution in [0, 0.1) is 0 Å². The Morgan fingerprint density at radius 1 is 1.62 bits per heavy atom. The van der Waals surface area contributed by atoms with Crippen molar-refractivity contribution in [1.29, 1.82) is 0 Å². The average molecular weight is 244 g/mol. The van der Waals surface area contributed by atoms with Crippen molar-refractivity contribution < 1.29 is 4.74 Å². The van der Waals surface area contributed by atoms with Crippen molar-refractivity contribution in [2.75, 3.05) is 24.7 Å². The van der Waals surface area contributed by atoms with E-state index in [0.29, 0.717) is 25.6 Å². The molecule has 0 unspecified atom stereocenters. The zero-order valence-corrected chi connectivity index (χ0v) is 10.0. The predicted molar refractivity (Wildman–Crippen MR) is 62.1 cm³/mol. The summed E-state index contributed by atoms with van der Waals surface area (Å²) in [4.78, 5) is 20.0. The molecule has 1 fully saturated rings. The lowest BCUT2D eigenvalue weighted by molar-refractivity contribution is 0.0639. The van der Waals surface area contributed by atoms with Gasteiger partial charge in [-0.25, -0.2) is 4.98 Å². The zero-order valence-electron chi connectivity index (χ0n) is 9.29. The fourth-order valence-electron chi connectivity index (χ4n) is 1.81. The number of hydrogen-bond acceptors (Lipinski definition) is 4. The van der Waals surface area contributed by atoms with Gasteiger partial charge < -0.3 is 14.6 Å². The number of ether oxygens (including phenoxy) is 1. The highest BCUT2D eigenvalue weighted by atomic mass is 35.5. The number of aromatic amines is 1. The summed E-state index contributed by atoms with van der Waals surface area (Å²) in [7, 11) is 0. The highest BCUT2D eigenvalue weighted by molar-refractivity contribution is 6.32. The number of nitrogens with one attached hydrogen (secondary N) is 1. The smallest absolute Gasteiger partial charge is 0.271 e. The molecule has 2 rings (SSSR count). The van der Waals surface area contributed by atoms with E-state index in [1.165, 1.54) is 6.33 Å². The van der Waals surface area contributed by atoms with Gasteiger partial charge in [0.1, 0.15) is 5.02 Å². The van der Waals surface area contributed by atoms with E-state index < -0.39 is 0 Å². The lowest BCUT2D eigenvalue weighted by Crippen LogP contribution is -2.54. The Balaban J connectivity index is 2.43. The number of nitrogens with zero attached hydrogens (tertiary/aromatic N) is 2. The second-order valence-corrected chi connectivity index (χ2v) is 4.76. The Labute approximate surface area is 98.4 Å². The summed E-state index contributed by atoms with van der Waals surface area (Å²) in [6.07, 6.45) is 1.37. The van der Waals surface area contributed by atoms with Crippen molar-refractivity contribution in [2.24, 2.45) is 0 Å². The molecule has 0 aliphatic carbocycles. The molecule has 0 saturated carbocycles. The molecular formula is C10H14ClN3O2. The Kier molecular flexibility index (Phi) is 2.90. The molecule has 6 heteroatoms. The van der Waals surface area contributed by atoms with Crippen LogP contribution in [0.2, 0.25) is 5.02 Å². The highest BCUT2D eigenvalue weighted by Gasteiger charge is 2.33. The molecular weight excluding hydrogens is 230 g/mol. The van der Waals surface area contributed by atoms with E-state index in [4.69, 9.17) is 16.3 Å². The van der Waals surface area contributed by atoms with Gasteiger partial charge in [-0.15, -0.1) is 0 Å². The molecule has 2 heterocycles. The number of rotatable bonds is 1. The first-order valence-electron chi connectivity index (χ1n) is 5.11. The van der Waals surface area contributed by atoms with Crippen molar-refractivity contribution in [3.63, 3.8) is 0 Å². The quantitative estimate of drug-likeness (QED) is 0.801. The molecule has 1 aromatic rings. The maximum Gasteiger partial charge on any atom is 0.271 e. The zero-order chi connectivity index (χ0) is 11.8. The van der Waals surface area contributed by atoms with Crippen LogP contribution in [0.1, 0.15) is 13.8 Å². The van der Waals surface area contributed by atoms with Crippen LogP contribution in [0.4, 0.5) is 5.82 Å². The van der Waals surface area contributed by atoms with Crippen molar-refractivity contribution in [3.05, 3.63) is 21.7 Å². The number of anilines is 1. The minimum absolute atomic E-state index is 0.137. The monoisotopic (exact) mass is 243 g/mol. The maximum atomic E-state index is 11.4. The van der Waals surface area contributed by atoms with E-state index in [1.54, 1.807) is 0 Å². The van der Waals surface area contributed by atoms with E-state index in [0.717, 1.165) is 0 Å². The van der Waals surface area contributed by atoms with E-state index in [2.05, 4.69) is 9.97 Å². The molecule has 88 valence electrons. The maximum absolute atomic E-state index is 11.4. The molecule has 0 aromatic carbocycles. The van der Waals surface area contributed by atoms with Crippen LogP contribution in [-0.4, -0.2) is 35.3 Å². The second kappa shape index (κ2) is 4.07. The summed E-state index contributed by atoms with van der Waals surface area (Å²) < 4.78 is 5.41. The topological polar surface area (TPSA) is 58.2 Å². The van der Waals surface area contributed by atoms with Crippen LogP contribution in [0.3, 0.4) is 0 Å². The summed E-state index contributed by atoms with van der Waals surface area (Å²) in [5, 5.41) is 0.137. The van der Waals surface area contributed by atoms with Crippen molar-refractivity contribution in [1.82, 2.24) is 9.97 Å². The Morgan fingerprint density at radius 3 is 3.06 bits per heavy atom. The van der Waals surface area contributed by atoms with Gasteiger partial charge in [-0.05, 0) is 13.8 Å². The average Bonchev–Trinajstić information content (AvgIpc) is 2.22. The van der Waals surface area contributed by atoms with Crippen LogP contribution in [-0.2, 0) is 4.74 Å². The molecule has 1 aromatic heterocycles. The molecule has 0 atom stereocenters. The molecule has 5 nitrogen and oxygen atoms in total. The molecule has 1 N–H and O–H groups in total. The summed E-state index contributed by atoms with van der Waals surface area (Å²) in [6, 6.07) is 0. The van der Waals surface area contributed by atoms with Crippen LogP contribution in [0.5, 0.6) is 0 Å². The number of halogens is 1. The molecule has 0 radical (unpaired) electrons. The van der Waals surface area contributed by atoms with Gasteiger partial charge in [-0.2, -0.15) is 0 Å². The summed E-state index contributed by atoms with van der Waals surface area (Å²) in [6.45, 7) is 5.96. The summed E-state index contributed by atoms with van der Waals surface area (Å²) in [5.74, 6) is 0.527. The highest BCUT2D eigenvalue weighted by Crippen LogP contribution is 2.28. The van der Waals surface area contributed by atoms with Gasteiger partial charge in [0, 0.05) is 6.54 Å². The van der Waals surface area contributed by atoms with Gasteiger partial charge in [0.2, 0.25) is 0 Å². The van der Waals surface area contributed by atoms with Gasteiger partial charge in [0.15, 0.2) is 5.82 Å². The third-order valence-corrected chi connectivity index (χ3v) is 3.02. The minimum Gasteiger partial charge on any atom is -0.377 e. The first-order chi connectivity index (χ1) is 7.52. The van der Waals surface area contributed by atoms with Crippen LogP contribution in [0.25, 0.3) is 0 Å². The molecule has 16 heavy (non-hydrogen) atoms. The van der Waals surface area contributed by atoms with Crippen LogP contribution >= 0.6 is 11.6 Å².